The van der Waals surface area contributed by atoms with E-state index in [0.29, 0.717) is 5.25 Å². The van der Waals surface area contributed by atoms with Crippen LogP contribution in [0, 0.1) is 0 Å². The van der Waals surface area contributed by atoms with Crippen molar-refractivity contribution in [2.24, 2.45) is 4.99 Å². The molecule has 0 radical (unpaired) electrons. The molecule has 0 aliphatic carbocycles. The Kier molecular flexibility index (Phi) is 5.37. The fourth-order valence-corrected chi connectivity index (χ4v) is 4.61. The number of rotatable bonds is 4. The molecule has 0 N–H and O–H groups in total. The fraction of sp³-hybridized carbons (Fsp3) is 0.750. The lowest BCUT2D eigenvalue weighted by molar-refractivity contribution is 0.0693. The van der Waals surface area contributed by atoms with E-state index in [1.54, 1.807) is 6.26 Å². The van der Waals surface area contributed by atoms with Gasteiger partial charge in [-0.1, -0.05) is 16.9 Å². The van der Waals surface area contributed by atoms with Gasteiger partial charge < -0.3 is 14.2 Å². The van der Waals surface area contributed by atoms with Crippen molar-refractivity contribution in [3.63, 3.8) is 0 Å². The SMILES string of the molecule is c1cc(CN2CCN(CC3CN=C(N4CCOCC4)S3)CC2)no1. The molecule has 1 aromatic heterocycles. The van der Waals surface area contributed by atoms with Gasteiger partial charge >= 0.3 is 0 Å². The first-order valence-electron chi connectivity index (χ1n) is 8.74. The molecule has 4 heterocycles. The summed E-state index contributed by atoms with van der Waals surface area (Å²) in [6.45, 7) is 11.1. The van der Waals surface area contributed by atoms with Gasteiger partial charge in [-0.25, -0.2) is 0 Å². The van der Waals surface area contributed by atoms with E-state index in [0.717, 1.165) is 77.8 Å². The molecule has 0 spiro atoms. The molecule has 0 amide bonds. The number of hydrogen-bond acceptors (Lipinski definition) is 8. The normalized spacial score (nSPS) is 26.8. The van der Waals surface area contributed by atoms with Crippen LogP contribution in [0.25, 0.3) is 0 Å². The Bertz CT molecular complexity index is 539. The predicted octanol–water partition coefficient (Wildman–Crippen LogP) is 0.596. The van der Waals surface area contributed by atoms with Crippen LogP contribution in [0.2, 0.25) is 0 Å². The second-order valence-electron chi connectivity index (χ2n) is 6.53. The van der Waals surface area contributed by atoms with Crippen LogP contribution >= 0.6 is 11.8 Å². The van der Waals surface area contributed by atoms with Crippen LogP contribution in [0.15, 0.2) is 21.8 Å². The van der Waals surface area contributed by atoms with E-state index < -0.39 is 0 Å². The van der Waals surface area contributed by atoms with Crippen LogP contribution in [0.5, 0.6) is 0 Å². The Morgan fingerprint density at radius 2 is 1.88 bits per heavy atom. The highest BCUT2D eigenvalue weighted by Crippen LogP contribution is 2.25. The number of ether oxygens (including phenoxy) is 1. The average Bonchev–Trinajstić information content (AvgIpc) is 3.29. The van der Waals surface area contributed by atoms with Crippen molar-refractivity contribution in [3.8, 4) is 0 Å². The summed E-state index contributed by atoms with van der Waals surface area (Å²) < 4.78 is 10.3. The second-order valence-corrected chi connectivity index (χ2v) is 7.80. The smallest absolute Gasteiger partial charge is 0.159 e. The van der Waals surface area contributed by atoms with Crippen molar-refractivity contribution in [2.75, 3.05) is 65.6 Å². The van der Waals surface area contributed by atoms with E-state index in [4.69, 9.17) is 14.3 Å². The van der Waals surface area contributed by atoms with Gasteiger partial charge in [0, 0.05) is 63.7 Å². The predicted molar refractivity (Wildman–Crippen MR) is 94.3 cm³/mol. The van der Waals surface area contributed by atoms with Gasteiger partial charge in [0.2, 0.25) is 0 Å². The van der Waals surface area contributed by atoms with Gasteiger partial charge in [0.1, 0.15) is 6.26 Å². The summed E-state index contributed by atoms with van der Waals surface area (Å²) in [6.07, 6.45) is 1.65. The monoisotopic (exact) mass is 351 g/mol. The molecule has 0 saturated carbocycles. The van der Waals surface area contributed by atoms with Crippen LogP contribution in [0.4, 0.5) is 0 Å². The molecule has 4 rings (SSSR count). The summed E-state index contributed by atoms with van der Waals surface area (Å²) in [6, 6.07) is 1.95. The van der Waals surface area contributed by atoms with Gasteiger partial charge in [-0.05, 0) is 0 Å². The third kappa shape index (κ3) is 4.11. The van der Waals surface area contributed by atoms with Gasteiger partial charge in [0.15, 0.2) is 5.17 Å². The molecule has 0 aromatic carbocycles. The summed E-state index contributed by atoms with van der Waals surface area (Å²) in [4.78, 5) is 12.2. The highest BCUT2D eigenvalue weighted by atomic mass is 32.2. The molecule has 1 atom stereocenters. The first-order valence-corrected chi connectivity index (χ1v) is 9.62. The van der Waals surface area contributed by atoms with Crippen LogP contribution in [-0.2, 0) is 11.3 Å². The van der Waals surface area contributed by atoms with Crippen molar-refractivity contribution in [2.45, 2.75) is 11.8 Å². The molecule has 3 aliphatic rings. The van der Waals surface area contributed by atoms with Crippen molar-refractivity contribution < 1.29 is 9.26 Å². The molecule has 24 heavy (non-hydrogen) atoms. The number of morpholine rings is 1. The van der Waals surface area contributed by atoms with Gasteiger partial charge in [-0.3, -0.25) is 14.8 Å². The topological polar surface area (TPSA) is 57.3 Å². The summed E-state index contributed by atoms with van der Waals surface area (Å²) in [5.41, 5.74) is 1.03. The lowest BCUT2D eigenvalue weighted by Crippen LogP contribution is -2.48. The maximum absolute atomic E-state index is 5.43. The highest BCUT2D eigenvalue weighted by molar-refractivity contribution is 8.14. The molecular weight excluding hydrogens is 326 g/mol. The maximum atomic E-state index is 5.43. The zero-order valence-corrected chi connectivity index (χ0v) is 14.8. The third-order valence-corrected chi connectivity index (χ3v) is 6.02. The zero-order chi connectivity index (χ0) is 16.2. The summed E-state index contributed by atoms with van der Waals surface area (Å²) in [5, 5.41) is 5.83. The van der Waals surface area contributed by atoms with E-state index >= 15 is 0 Å². The Labute approximate surface area is 147 Å². The minimum atomic E-state index is 0.602. The molecule has 2 fully saturated rings. The van der Waals surface area contributed by atoms with Crippen molar-refractivity contribution in [3.05, 3.63) is 18.0 Å². The van der Waals surface area contributed by atoms with Gasteiger partial charge in [-0.15, -0.1) is 0 Å². The summed E-state index contributed by atoms with van der Waals surface area (Å²) in [5.74, 6) is 0. The number of hydrogen-bond donors (Lipinski definition) is 0. The zero-order valence-electron chi connectivity index (χ0n) is 14.0. The van der Waals surface area contributed by atoms with E-state index in [1.165, 1.54) is 5.17 Å². The highest BCUT2D eigenvalue weighted by Gasteiger charge is 2.28. The minimum Gasteiger partial charge on any atom is -0.378 e. The Hall–Kier alpha value is -1.09. The molecular formula is C16H25N5O2S. The summed E-state index contributed by atoms with van der Waals surface area (Å²) in [7, 11) is 0. The molecule has 1 aromatic rings. The summed E-state index contributed by atoms with van der Waals surface area (Å²) >= 11 is 1.96. The average molecular weight is 351 g/mol. The van der Waals surface area contributed by atoms with Crippen molar-refractivity contribution >= 4 is 16.9 Å². The Morgan fingerprint density at radius 1 is 1.08 bits per heavy atom. The van der Waals surface area contributed by atoms with Crippen LogP contribution in [0.1, 0.15) is 5.69 Å². The second kappa shape index (κ2) is 7.86. The fourth-order valence-electron chi connectivity index (χ4n) is 3.39. The lowest BCUT2D eigenvalue weighted by Gasteiger charge is -2.35. The number of piperazine rings is 1. The van der Waals surface area contributed by atoms with E-state index in [1.807, 2.05) is 17.8 Å². The van der Waals surface area contributed by atoms with E-state index in [-0.39, 0.29) is 0 Å². The number of aliphatic imine (C=N–C) groups is 1. The molecule has 0 bridgehead atoms. The van der Waals surface area contributed by atoms with Crippen molar-refractivity contribution in [1.29, 1.82) is 0 Å². The Balaban J connectivity index is 1.18. The van der Waals surface area contributed by atoms with Crippen LogP contribution in [0.3, 0.4) is 0 Å². The Morgan fingerprint density at radius 3 is 2.62 bits per heavy atom. The molecule has 132 valence electrons. The first-order chi connectivity index (χ1) is 11.9. The van der Waals surface area contributed by atoms with E-state index in [2.05, 4.69) is 19.9 Å². The lowest BCUT2D eigenvalue weighted by atomic mass is 10.2. The molecule has 7 nitrogen and oxygen atoms in total. The maximum Gasteiger partial charge on any atom is 0.159 e. The first kappa shape index (κ1) is 16.4. The van der Waals surface area contributed by atoms with Gasteiger partial charge in [-0.2, -0.15) is 0 Å². The quantitative estimate of drug-likeness (QED) is 0.787. The van der Waals surface area contributed by atoms with Crippen LogP contribution < -0.4 is 0 Å². The number of aromatic nitrogens is 1. The van der Waals surface area contributed by atoms with Crippen LogP contribution in [-0.4, -0.2) is 95.8 Å². The number of nitrogens with zero attached hydrogens (tertiary/aromatic N) is 5. The molecule has 3 aliphatic heterocycles. The largest absolute Gasteiger partial charge is 0.378 e. The minimum absolute atomic E-state index is 0.602. The molecule has 8 heteroatoms. The van der Waals surface area contributed by atoms with E-state index in [9.17, 15) is 0 Å². The van der Waals surface area contributed by atoms with Crippen molar-refractivity contribution in [1.82, 2.24) is 19.9 Å². The standard InChI is InChI=1S/C16H25N5O2S/c1-8-23-18-14(1)12-19-2-4-20(5-3-19)13-15-11-17-16(24-15)21-6-9-22-10-7-21/h1,8,15H,2-7,9-13H2. The third-order valence-electron chi connectivity index (χ3n) is 4.79. The van der Waals surface area contributed by atoms with Gasteiger partial charge in [0.05, 0.1) is 25.5 Å². The number of amidine groups is 1. The van der Waals surface area contributed by atoms with Gasteiger partial charge in [0.25, 0.3) is 0 Å². The number of thioether (sulfide) groups is 1. The molecule has 1 unspecified atom stereocenters. The molecule has 2 saturated heterocycles.